The van der Waals surface area contributed by atoms with E-state index >= 15 is 0 Å². The van der Waals surface area contributed by atoms with Gasteiger partial charge in [0.1, 0.15) is 0 Å². The van der Waals surface area contributed by atoms with Crippen molar-refractivity contribution in [2.45, 2.75) is 19.8 Å². The molecule has 0 aliphatic rings. The van der Waals surface area contributed by atoms with Gasteiger partial charge in [-0.25, -0.2) is 0 Å². The molecule has 1 aromatic rings. The summed E-state index contributed by atoms with van der Waals surface area (Å²) in [5.74, 6) is 0.192. The zero-order valence-electron chi connectivity index (χ0n) is 7.17. The molecule has 0 spiro atoms. The third kappa shape index (κ3) is 2.31. The van der Waals surface area contributed by atoms with Gasteiger partial charge in [0, 0.05) is 6.42 Å². The molecule has 0 fully saturated rings. The molecule has 2 heteroatoms. The second-order valence-electron chi connectivity index (χ2n) is 2.68. The maximum atomic E-state index is 11.4. The van der Waals surface area contributed by atoms with Crippen LogP contribution in [0.15, 0.2) is 29.7 Å². The van der Waals surface area contributed by atoms with Crippen molar-refractivity contribution in [3.05, 3.63) is 34.5 Å². The first-order valence-electron chi connectivity index (χ1n) is 3.97. The van der Waals surface area contributed by atoms with Crippen LogP contribution in [0.5, 0.6) is 0 Å². The van der Waals surface area contributed by atoms with Gasteiger partial charge in [-0.2, -0.15) is 0 Å². The van der Waals surface area contributed by atoms with Gasteiger partial charge in [-0.05, 0) is 17.9 Å². The summed E-state index contributed by atoms with van der Waals surface area (Å²) in [7, 11) is 0. The van der Waals surface area contributed by atoms with Gasteiger partial charge in [0.15, 0.2) is 5.78 Å². The highest BCUT2D eigenvalue weighted by Crippen LogP contribution is 2.14. The smallest absolute Gasteiger partial charge is 0.176 e. The van der Waals surface area contributed by atoms with E-state index in [-0.39, 0.29) is 5.78 Å². The van der Waals surface area contributed by atoms with E-state index in [1.807, 2.05) is 24.4 Å². The van der Waals surface area contributed by atoms with Crippen LogP contribution in [0.25, 0.3) is 0 Å². The number of ketones is 1. The molecule has 0 N–H and O–H groups in total. The predicted molar refractivity (Wildman–Crippen MR) is 52.7 cm³/mol. The zero-order chi connectivity index (χ0) is 8.97. The van der Waals surface area contributed by atoms with Crippen molar-refractivity contribution in [1.29, 1.82) is 0 Å². The number of rotatable bonds is 4. The highest BCUT2D eigenvalue weighted by molar-refractivity contribution is 7.12. The van der Waals surface area contributed by atoms with Crippen LogP contribution in [0.4, 0.5) is 0 Å². The monoisotopic (exact) mass is 180 g/mol. The Bertz CT molecular complexity index is 272. The van der Waals surface area contributed by atoms with Crippen LogP contribution in [0.3, 0.4) is 0 Å². The Kier molecular flexibility index (Phi) is 3.23. The maximum Gasteiger partial charge on any atom is 0.176 e. The van der Waals surface area contributed by atoms with E-state index in [2.05, 4.69) is 6.58 Å². The van der Waals surface area contributed by atoms with E-state index in [1.165, 1.54) is 11.3 Å². The third-order valence-corrected chi connectivity index (χ3v) is 2.62. The third-order valence-electron chi connectivity index (χ3n) is 1.71. The summed E-state index contributed by atoms with van der Waals surface area (Å²) in [4.78, 5) is 12.3. The number of hydrogen-bond donors (Lipinski definition) is 0. The van der Waals surface area contributed by atoms with E-state index in [9.17, 15) is 4.79 Å². The van der Waals surface area contributed by atoms with Gasteiger partial charge in [-0.1, -0.05) is 25.1 Å². The average Bonchev–Trinajstić information content (AvgIpc) is 2.56. The molecule has 64 valence electrons. The van der Waals surface area contributed by atoms with Crippen LogP contribution >= 0.6 is 11.3 Å². The molecule has 1 rings (SSSR count). The van der Waals surface area contributed by atoms with Crippen LogP contribution in [0.1, 0.15) is 29.4 Å². The first kappa shape index (κ1) is 9.20. The fourth-order valence-corrected chi connectivity index (χ4v) is 1.54. The minimum atomic E-state index is 0.192. The highest BCUT2D eigenvalue weighted by atomic mass is 32.1. The molecule has 0 amide bonds. The second-order valence-corrected chi connectivity index (χ2v) is 3.63. The first-order chi connectivity index (χ1) is 5.74. The molecule has 1 aromatic heterocycles. The molecule has 0 aliphatic heterocycles. The predicted octanol–water partition coefficient (Wildman–Crippen LogP) is 3.29. The summed E-state index contributed by atoms with van der Waals surface area (Å²) in [5.41, 5.74) is 1.01. The molecule has 0 aliphatic carbocycles. The Morgan fingerprint density at radius 3 is 2.92 bits per heavy atom. The van der Waals surface area contributed by atoms with Gasteiger partial charge in [0.2, 0.25) is 0 Å². The molecule has 0 saturated heterocycles. The SMILES string of the molecule is C=C(CC)CC(=O)c1cccs1. The van der Waals surface area contributed by atoms with Gasteiger partial charge >= 0.3 is 0 Å². The van der Waals surface area contributed by atoms with E-state index in [0.29, 0.717) is 6.42 Å². The van der Waals surface area contributed by atoms with Gasteiger partial charge in [0.25, 0.3) is 0 Å². The average molecular weight is 180 g/mol. The van der Waals surface area contributed by atoms with Gasteiger partial charge in [-0.15, -0.1) is 11.3 Å². The number of thiophene rings is 1. The zero-order valence-corrected chi connectivity index (χ0v) is 7.99. The summed E-state index contributed by atoms with van der Waals surface area (Å²) < 4.78 is 0. The van der Waals surface area contributed by atoms with Crippen molar-refractivity contribution in [1.82, 2.24) is 0 Å². The van der Waals surface area contributed by atoms with Crippen molar-refractivity contribution in [3.63, 3.8) is 0 Å². The second kappa shape index (κ2) is 4.21. The lowest BCUT2D eigenvalue weighted by molar-refractivity contribution is 0.0996. The molecular formula is C10H12OS. The number of allylic oxidation sites excluding steroid dienone is 1. The quantitative estimate of drug-likeness (QED) is 0.513. The lowest BCUT2D eigenvalue weighted by atomic mass is 10.1. The molecule has 0 radical (unpaired) electrons. The largest absolute Gasteiger partial charge is 0.293 e. The van der Waals surface area contributed by atoms with Crippen LogP contribution in [-0.4, -0.2) is 5.78 Å². The Labute approximate surface area is 76.7 Å². The lowest BCUT2D eigenvalue weighted by Crippen LogP contribution is -1.96. The van der Waals surface area contributed by atoms with Crippen molar-refractivity contribution in [2.75, 3.05) is 0 Å². The molecular weight excluding hydrogens is 168 g/mol. The van der Waals surface area contributed by atoms with Crippen LogP contribution < -0.4 is 0 Å². The van der Waals surface area contributed by atoms with Crippen molar-refractivity contribution >= 4 is 17.1 Å². The molecule has 1 nitrogen and oxygen atoms in total. The minimum Gasteiger partial charge on any atom is -0.293 e. The minimum absolute atomic E-state index is 0.192. The number of carbonyl (C=O) groups is 1. The van der Waals surface area contributed by atoms with E-state index < -0.39 is 0 Å². The number of carbonyl (C=O) groups excluding carboxylic acids is 1. The van der Waals surface area contributed by atoms with Gasteiger partial charge in [0.05, 0.1) is 4.88 Å². The van der Waals surface area contributed by atoms with E-state index in [0.717, 1.165) is 16.9 Å². The normalized spacial score (nSPS) is 9.75. The lowest BCUT2D eigenvalue weighted by Gasteiger charge is -1.98. The molecule has 0 bridgehead atoms. The van der Waals surface area contributed by atoms with Crippen LogP contribution in [0.2, 0.25) is 0 Å². The topological polar surface area (TPSA) is 17.1 Å². The Morgan fingerprint density at radius 2 is 2.42 bits per heavy atom. The highest BCUT2D eigenvalue weighted by Gasteiger charge is 2.06. The molecule has 0 atom stereocenters. The fourth-order valence-electron chi connectivity index (χ4n) is 0.876. The molecule has 12 heavy (non-hydrogen) atoms. The van der Waals surface area contributed by atoms with Crippen molar-refractivity contribution in [2.24, 2.45) is 0 Å². The summed E-state index contributed by atoms with van der Waals surface area (Å²) >= 11 is 1.49. The standard InChI is InChI=1S/C10H12OS/c1-3-8(2)7-9(11)10-5-4-6-12-10/h4-6H,2-3,7H2,1H3. The maximum absolute atomic E-state index is 11.4. The molecule has 0 unspecified atom stereocenters. The molecule has 0 aromatic carbocycles. The summed E-state index contributed by atoms with van der Waals surface area (Å²) in [6.07, 6.45) is 1.38. The summed E-state index contributed by atoms with van der Waals surface area (Å²) in [6.45, 7) is 5.82. The summed E-state index contributed by atoms with van der Waals surface area (Å²) in [5, 5.41) is 1.92. The fraction of sp³-hybridized carbons (Fsp3) is 0.300. The van der Waals surface area contributed by atoms with Crippen LogP contribution in [-0.2, 0) is 0 Å². The first-order valence-corrected chi connectivity index (χ1v) is 4.85. The van der Waals surface area contributed by atoms with Crippen molar-refractivity contribution in [3.8, 4) is 0 Å². The van der Waals surface area contributed by atoms with E-state index in [1.54, 1.807) is 0 Å². The Balaban J connectivity index is 2.56. The molecule has 0 saturated carbocycles. The van der Waals surface area contributed by atoms with Gasteiger partial charge in [-0.3, -0.25) is 4.79 Å². The van der Waals surface area contributed by atoms with Crippen LogP contribution in [0, 0.1) is 0 Å². The Morgan fingerprint density at radius 1 is 1.67 bits per heavy atom. The molecule has 1 heterocycles. The number of hydrogen-bond acceptors (Lipinski definition) is 2. The summed E-state index contributed by atoms with van der Waals surface area (Å²) in [6, 6.07) is 3.75. The Hall–Kier alpha value is -0.890. The van der Waals surface area contributed by atoms with E-state index in [4.69, 9.17) is 0 Å². The van der Waals surface area contributed by atoms with Gasteiger partial charge < -0.3 is 0 Å². The number of Topliss-reactive ketones (excluding diaryl/α,β-unsaturated/α-hetero) is 1. The van der Waals surface area contributed by atoms with Crippen molar-refractivity contribution < 1.29 is 4.79 Å².